The molecule has 0 amide bonds. The Morgan fingerprint density at radius 1 is 0.875 bits per heavy atom. The maximum absolute atomic E-state index is 6.02. The Kier molecular flexibility index (Phi) is 3.39. The van der Waals surface area contributed by atoms with Crippen LogP contribution in [0.1, 0.15) is 11.1 Å². The van der Waals surface area contributed by atoms with Crippen molar-refractivity contribution in [3.8, 4) is 21.6 Å². The number of aryl methyl sites for hydroxylation is 2. The number of fused-ring (bicyclic) bond motifs is 2. The van der Waals surface area contributed by atoms with Crippen molar-refractivity contribution in [1.29, 1.82) is 0 Å². The Morgan fingerprint density at radius 2 is 1.62 bits per heavy atom. The summed E-state index contributed by atoms with van der Waals surface area (Å²) < 4.78 is 1.18. The summed E-state index contributed by atoms with van der Waals surface area (Å²) in [5.74, 6) is 0. The van der Waals surface area contributed by atoms with E-state index in [4.69, 9.17) is 11.1 Å². The highest BCUT2D eigenvalue weighted by atomic mass is 32.1. The third-order valence-corrected chi connectivity index (χ3v) is 5.40. The number of anilines is 1. The van der Waals surface area contributed by atoms with Crippen LogP contribution >= 0.6 is 11.3 Å². The summed E-state index contributed by atoms with van der Waals surface area (Å²) in [6.45, 7) is 4.28. The summed E-state index contributed by atoms with van der Waals surface area (Å²) in [4.78, 5) is 1.18. The molecule has 0 aromatic heterocycles. The van der Waals surface area contributed by atoms with Crippen molar-refractivity contribution in [2.24, 2.45) is 0 Å². The zero-order chi connectivity index (χ0) is 16.8. The van der Waals surface area contributed by atoms with Gasteiger partial charge in [-0.25, -0.2) is 0 Å². The van der Waals surface area contributed by atoms with Gasteiger partial charge in [-0.3, -0.25) is 5.41 Å². The van der Waals surface area contributed by atoms with E-state index in [-0.39, 0.29) is 0 Å². The lowest BCUT2D eigenvalue weighted by molar-refractivity contribution is -0.172. The van der Waals surface area contributed by atoms with E-state index in [1.54, 1.807) is 11.3 Å². The summed E-state index contributed by atoms with van der Waals surface area (Å²) in [7, 11) is 0. The molecule has 0 saturated carbocycles. The first-order valence-electron chi connectivity index (χ1n) is 7.94. The Balaban J connectivity index is 2.20. The van der Waals surface area contributed by atoms with Crippen molar-refractivity contribution < 1.29 is 5.41 Å². The van der Waals surface area contributed by atoms with Gasteiger partial charge in [0.05, 0.1) is 0 Å². The van der Waals surface area contributed by atoms with Crippen molar-refractivity contribution in [1.82, 2.24) is 0 Å². The minimum Gasteiger partial charge on any atom is -0.399 e. The van der Waals surface area contributed by atoms with Crippen LogP contribution in [0.3, 0.4) is 0 Å². The minimum atomic E-state index is 0.786. The van der Waals surface area contributed by atoms with Crippen LogP contribution in [-0.2, 0) is 0 Å². The molecule has 0 fully saturated rings. The van der Waals surface area contributed by atoms with E-state index in [1.807, 2.05) is 12.1 Å². The van der Waals surface area contributed by atoms with Crippen molar-refractivity contribution >= 4 is 27.1 Å². The average Bonchev–Trinajstić information content (AvgIpc) is 2.51. The van der Waals surface area contributed by atoms with Crippen LogP contribution in [0, 0.1) is 13.8 Å². The molecule has 2 aromatic carbocycles. The fourth-order valence-corrected chi connectivity index (χ4v) is 4.54. The monoisotopic (exact) mass is 331 g/mol. The van der Waals surface area contributed by atoms with Gasteiger partial charge < -0.3 is 5.73 Å². The SMILES string of the molecule is Cc1cc(C)cc(-c2c3ccc(=[NH2+])cc-3sc3cc(N)ccc23)c1. The first kappa shape index (κ1) is 14.9. The molecule has 4 N–H and O–H groups in total. The maximum Gasteiger partial charge on any atom is 0.198 e. The van der Waals surface area contributed by atoms with E-state index in [2.05, 4.69) is 56.3 Å². The van der Waals surface area contributed by atoms with E-state index in [9.17, 15) is 0 Å². The number of benzene rings is 3. The zero-order valence-corrected chi connectivity index (χ0v) is 14.6. The largest absolute Gasteiger partial charge is 0.399 e. The summed E-state index contributed by atoms with van der Waals surface area (Å²) in [5.41, 5.74) is 13.1. The molecule has 0 unspecified atom stereocenters. The fourth-order valence-electron chi connectivity index (χ4n) is 3.35. The van der Waals surface area contributed by atoms with Gasteiger partial charge in [-0.1, -0.05) is 35.4 Å². The van der Waals surface area contributed by atoms with E-state index < -0.39 is 0 Å². The van der Waals surface area contributed by atoms with Crippen LogP contribution in [-0.4, -0.2) is 0 Å². The quantitative estimate of drug-likeness (QED) is 0.407. The first-order chi connectivity index (χ1) is 11.5. The van der Waals surface area contributed by atoms with E-state index in [0.29, 0.717) is 0 Å². The Morgan fingerprint density at radius 3 is 2.38 bits per heavy atom. The lowest BCUT2D eigenvalue weighted by atomic mass is 9.93. The molecule has 118 valence electrons. The predicted octanol–water partition coefficient (Wildman–Crippen LogP) is 3.53. The van der Waals surface area contributed by atoms with Crippen LogP contribution in [0.25, 0.3) is 31.7 Å². The van der Waals surface area contributed by atoms with Crippen LogP contribution in [0.2, 0.25) is 0 Å². The molecule has 0 bridgehead atoms. The topological polar surface area (TPSA) is 51.6 Å². The second-order valence-corrected chi connectivity index (χ2v) is 7.45. The highest BCUT2D eigenvalue weighted by molar-refractivity contribution is 7.21. The van der Waals surface area contributed by atoms with Gasteiger partial charge in [0.2, 0.25) is 0 Å². The number of hydrogen-bond acceptors (Lipinski definition) is 2. The molecular formula is C21H19N2S+. The number of nitrogens with two attached hydrogens (primary N) is 2. The van der Waals surface area contributed by atoms with E-state index >= 15 is 0 Å². The second-order valence-electron chi connectivity index (χ2n) is 6.36. The predicted molar refractivity (Wildman–Crippen MR) is 103 cm³/mol. The Labute approximate surface area is 145 Å². The minimum absolute atomic E-state index is 0.786. The summed E-state index contributed by atoms with van der Waals surface area (Å²) in [5, 5.41) is 8.04. The smallest absolute Gasteiger partial charge is 0.198 e. The summed E-state index contributed by atoms with van der Waals surface area (Å²) in [6.07, 6.45) is 0. The van der Waals surface area contributed by atoms with Crippen molar-refractivity contribution in [2.75, 3.05) is 5.73 Å². The molecule has 24 heavy (non-hydrogen) atoms. The molecule has 2 aliphatic rings. The highest BCUT2D eigenvalue weighted by Crippen LogP contribution is 2.43. The molecule has 0 radical (unpaired) electrons. The van der Waals surface area contributed by atoms with Crippen LogP contribution in [0.15, 0.2) is 54.6 Å². The molecule has 4 rings (SSSR count). The molecule has 0 spiro atoms. The molecule has 3 heteroatoms. The van der Waals surface area contributed by atoms with Crippen molar-refractivity contribution in [3.63, 3.8) is 0 Å². The van der Waals surface area contributed by atoms with Gasteiger partial charge in [0.1, 0.15) is 0 Å². The van der Waals surface area contributed by atoms with Gasteiger partial charge in [-0.2, -0.15) is 0 Å². The van der Waals surface area contributed by atoms with Crippen LogP contribution in [0.5, 0.6) is 0 Å². The lowest BCUT2D eigenvalue weighted by Crippen LogP contribution is -2.44. The molecule has 1 aliphatic heterocycles. The van der Waals surface area contributed by atoms with Crippen LogP contribution < -0.4 is 16.5 Å². The molecule has 1 aliphatic carbocycles. The average molecular weight is 331 g/mol. The zero-order valence-electron chi connectivity index (χ0n) is 13.8. The third-order valence-electron chi connectivity index (χ3n) is 4.28. The molecule has 0 saturated heterocycles. The molecule has 1 heterocycles. The maximum atomic E-state index is 6.02. The number of rotatable bonds is 1. The molecule has 2 nitrogen and oxygen atoms in total. The standard InChI is InChI=1S/C21H18N2S/c1-12-7-13(2)9-14(8-12)21-17-5-3-15(22)10-19(17)24-20-11-16(23)4-6-18(20)21/h3-11,22H,23H2,1-2H3/p+1. The number of nitrogen functional groups attached to an aromatic ring is 1. The van der Waals surface area contributed by atoms with Gasteiger partial charge in [-0.05, 0) is 43.2 Å². The van der Waals surface area contributed by atoms with E-state index in [1.165, 1.54) is 42.8 Å². The first-order valence-corrected chi connectivity index (χ1v) is 8.76. The van der Waals surface area contributed by atoms with Crippen molar-refractivity contribution in [3.05, 3.63) is 71.1 Å². The molecular weight excluding hydrogens is 312 g/mol. The lowest BCUT2D eigenvalue weighted by Gasteiger charge is -2.16. The summed E-state index contributed by atoms with van der Waals surface area (Å²) >= 11 is 1.74. The second kappa shape index (κ2) is 5.46. The molecule has 2 aromatic rings. The third kappa shape index (κ3) is 2.47. The Bertz CT molecular complexity index is 1090. The van der Waals surface area contributed by atoms with Crippen molar-refractivity contribution in [2.45, 2.75) is 13.8 Å². The van der Waals surface area contributed by atoms with Gasteiger partial charge in [0.25, 0.3) is 0 Å². The fraction of sp³-hybridized carbons (Fsp3) is 0.0952. The Hall–Kier alpha value is -2.65. The van der Waals surface area contributed by atoms with Crippen LogP contribution in [0.4, 0.5) is 5.69 Å². The van der Waals surface area contributed by atoms with Gasteiger partial charge in [0.15, 0.2) is 5.36 Å². The molecule has 0 atom stereocenters. The van der Waals surface area contributed by atoms with Gasteiger partial charge >= 0.3 is 0 Å². The highest BCUT2D eigenvalue weighted by Gasteiger charge is 2.16. The summed E-state index contributed by atoms with van der Waals surface area (Å²) in [6, 6.07) is 19.0. The van der Waals surface area contributed by atoms with E-state index in [0.717, 1.165) is 11.0 Å². The normalized spacial score (nSPS) is 11.2. The van der Waals surface area contributed by atoms with Gasteiger partial charge in [0, 0.05) is 38.3 Å². The number of hydrogen-bond donors (Lipinski definition) is 2. The van der Waals surface area contributed by atoms with Gasteiger partial charge in [-0.15, -0.1) is 11.3 Å².